The van der Waals surface area contributed by atoms with E-state index < -0.39 is 0 Å². The highest BCUT2D eigenvalue weighted by atomic mass is 35.5. The first-order valence-electron chi connectivity index (χ1n) is 34.0. The topological polar surface area (TPSA) is 6.48 Å². The van der Waals surface area contributed by atoms with Crippen LogP contribution in [0.2, 0.25) is 5.02 Å². The number of nitrogens with zero attached hydrogens (tertiary/aromatic N) is 2. The van der Waals surface area contributed by atoms with E-state index in [0.29, 0.717) is 5.02 Å². The number of benzene rings is 12. The number of rotatable bonds is 8. The summed E-state index contributed by atoms with van der Waals surface area (Å²) >= 11 is 7.62. The Kier molecular flexibility index (Phi) is 14.7. The van der Waals surface area contributed by atoms with Crippen molar-refractivity contribution in [1.82, 2.24) is 0 Å². The fourth-order valence-electron chi connectivity index (χ4n) is 15.5. The lowest BCUT2D eigenvalue weighted by Crippen LogP contribution is -2.61. The number of halogens is 1. The summed E-state index contributed by atoms with van der Waals surface area (Å²) in [7, 11) is 0. The van der Waals surface area contributed by atoms with Gasteiger partial charge in [0.15, 0.2) is 0 Å². The lowest BCUT2D eigenvalue weighted by atomic mass is 9.33. The maximum absolute atomic E-state index is 7.62. The predicted octanol–water partition coefficient (Wildman–Crippen LogP) is 23.9. The largest absolute Gasteiger partial charge is 0.310 e. The highest BCUT2D eigenvalue weighted by Crippen LogP contribution is 2.58. The summed E-state index contributed by atoms with van der Waals surface area (Å²) in [6.07, 6.45) is 0. The molecule has 0 saturated heterocycles. The summed E-state index contributed by atoms with van der Waals surface area (Å²) in [6.45, 7) is 32.6. The van der Waals surface area contributed by atoms with Gasteiger partial charge in [-0.3, -0.25) is 0 Å². The van der Waals surface area contributed by atoms with Crippen molar-refractivity contribution in [3.05, 3.63) is 293 Å². The average molecular weight is 1250 g/mol. The molecule has 0 atom stereocenters. The summed E-state index contributed by atoms with van der Waals surface area (Å²) in [5.74, 6) is 0. The Morgan fingerprint density at radius 3 is 1.24 bits per heavy atom. The average Bonchev–Trinajstić information content (AvgIpc) is 1.50. The van der Waals surface area contributed by atoms with Gasteiger partial charge in [0.05, 0.1) is 11.4 Å². The fraction of sp³-hybridized carbons (Fsp3) is 0.209. The molecule has 12 aromatic rings. The van der Waals surface area contributed by atoms with E-state index in [0.717, 1.165) is 67.5 Å². The van der Waals surface area contributed by atoms with Gasteiger partial charge in [-0.15, -0.1) is 0 Å². The van der Waals surface area contributed by atoms with Crippen LogP contribution >= 0.6 is 11.6 Å². The van der Waals surface area contributed by atoms with Gasteiger partial charge in [-0.1, -0.05) is 309 Å². The van der Waals surface area contributed by atoms with Crippen LogP contribution in [0.5, 0.6) is 0 Å². The van der Waals surface area contributed by atoms with Crippen LogP contribution in [-0.4, -0.2) is 6.71 Å². The van der Waals surface area contributed by atoms with Gasteiger partial charge in [-0.05, 0) is 182 Å². The van der Waals surface area contributed by atoms with Crippen molar-refractivity contribution < 1.29 is 0 Å². The summed E-state index contributed by atoms with van der Waals surface area (Å²) in [5, 5.41) is 0.682. The molecule has 15 rings (SSSR count). The number of hydrogen-bond acceptors (Lipinski definition) is 2. The second kappa shape index (κ2) is 22.6. The minimum atomic E-state index is -0.244. The molecule has 0 unspecified atom stereocenters. The molecular weight excluding hydrogens is 1170 g/mol. The molecule has 468 valence electrons. The number of hydrogen-bond donors (Lipinski definition) is 0. The third-order valence-electron chi connectivity index (χ3n) is 20.7. The second-order valence-electron chi connectivity index (χ2n) is 31.5. The molecule has 2 heterocycles. The minimum Gasteiger partial charge on any atom is -0.310 e. The Morgan fingerprint density at radius 2 is 0.716 bits per heavy atom. The summed E-state index contributed by atoms with van der Waals surface area (Å²) in [6, 6.07) is 97.5. The van der Waals surface area contributed by atoms with Crippen molar-refractivity contribution in [2.24, 2.45) is 0 Å². The third-order valence-corrected chi connectivity index (χ3v) is 20.9. The number of anilines is 6. The fourth-order valence-corrected chi connectivity index (χ4v) is 15.6. The van der Waals surface area contributed by atoms with Crippen LogP contribution in [0.25, 0.3) is 77.9 Å². The molecule has 1 aliphatic carbocycles. The Morgan fingerprint density at radius 1 is 0.295 bits per heavy atom. The first-order valence-corrected chi connectivity index (χ1v) is 34.4. The standard InChI is InChI=1S/C91H84BClN2/c1-87(2,3)64-37-26-35-60(47-64)61-43-46-79-78(49-61)92-77-45-44-68(93)56-80(77)95(85-71(57-29-18-15-19-30-57)52-66(89(7,8)9)53-72(85)58-31-20-16-21-32-58)82-51-63(69-40-28-42-76-83(69)70-39-24-25-41-75(70)91(76,13)14)50-81(84(82)92)94(79)86-73(59-33-22-17-23-34-59)54-67(90(10,11)12)55-74(86)62-36-27-38-65(48-62)88(4,5)6/h15-56H,1-14H3. The van der Waals surface area contributed by atoms with Gasteiger partial charge in [-0.2, -0.15) is 0 Å². The van der Waals surface area contributed by atoms with Gasteiger partial charge in [-0.25, -0.2) is 0 Å². The highest BCUT2D eigenvalue weighted by Gasteiger charge is 2.47. The van der Waals surface area contributed by atoms with Gasteiger partial charge in [0, 0.05) is 55.4 Å². The molecule has 0 saturated carbocycles. The smallest absolute Gasteiger partial charge is 0.252 e. The summed E-state index contributed by atoms with van der Waals surface area (Å²) < 4.78 is 0. The van der Waals surface area contributed by atoms with E-state index >= 15 is 0 Å². The van der Waals surface area contributed by atoms with E-state index in [2.05, 4.69) is 362 Å². The van der Waals surface area contributed by atoms with Gasteiger partial charge >= 0.3 is 0 Å². The predicted molar refractivity (Wildman–Crippen MR) is 410 cm³/mol. The molecule has 0 N–H and O–H groups in total. The lowest BCUT2D eigenvalue weighted by Gasteiger charge is -2.46. The van der Waals surface area contributed by atoms with Gasteiger partial charge in [0.2, 0.25) is 0 Å². The van der Waals surface area contributed by atoms with Gasteiger partial charge < -0.3 is 9.80 Å². The normalized spacial score (nSPS) is 13.9. The number of fused-ring (bicyclic) bond motifs is 7. The minimum absolute atomic E-state index is 0.0512. The van der Waals surface area contributed by atoms with Crippen LogP contribution in [0, 0.1) is 0 Å². The van der Waals surface area contributed by atoms with E-state index in [1.54, 1.807) is 0 Å². The van der Waals surface area contributed by atoms with Crippen LogP contribution in [0.15, 0.2) is 255 Å². The Labute approximate surface area is 570 Å². The molecule has 95 heavy (non-hydrogen) atoms. The molecule has 0 bridgehead atoms. The van der Waals surface area contributed by atoms with Crippen LogP contribution in [0.3, 0.4) is 0 Å². The van der Waals surface area contributed by atoms with Crippen molar-refractivity contribution >= 4 is 68.8 Å². The van der Waals surface area contributed by atoms with E-state index in [9.17, 15) is 0 Å². The zero-order valence-electron chi connectivity index (χ0n) is 57.6. The van der Waals surface area contributed by atoms with Crippen molar-refractivity contribution in [3.63, 3.8) is 0 Å². The molecule has 4 heteroatoms. The Bertz CT molecular complexity index is 4970. The molecule has 3 aliphatic rings. The van der Waals surface area contributed by atoms with E-state index in [-0.39, 0.29) is 33.8 Å². The van der Waals surface area contributed by atoms with Gasteiger partial charge in [0.1, 0.15) is 0 Å². The van der Waals surface area contributed by atoms with Gasteiger partial charge in [0.25, 0.3) is 6.71 Å². The molecule has 0 spiro atoms. The Balaban J connectivity index is 1.17. The monoisotopic (exact) mass is 1250 g/mol. The zero-order valence-corrected chi connectivity index (χ0v) is 58.4. The molecule has 0 fully saturated rings. The second-order valence-corrected chi connectivity index (χ2v) is 31.9. The SMILES string of the molecule is CC(C)(C)c1cccc(-c2ccc3c(c2)B2c4ccc(Cl)cc4N(c4c(-c5ccccc5)cc(C(C)(C)C)cc4-c4ccccc4)c4cc(-c5cccc6c5-c5ccccc5C6(C)C)cc(c42)N3c2c(-c3ccccc3)cc(C(C)(C)C)cc2-c2cccc(C(C)(C)C)c2)c1. The van der Waals surface area contributed by atoms with Crippen LogP contribution in [0.1, 0.15) is 130 Å². The molecule has 0 aromatic heterocycles. The van der Waals surface area contributed by atoms with Crippen LogP contribution in [0.4, 0.5) is 34.1 Å². The van der Waals surface area contributed by atoms with Crippen molar-refractivity contribution in [1.29, 1.82) is 0 Å². The van der Waals surface area contributed by atoms with Crippen LogP contribution in [-0.2, 0) is 27.1 Å². The van der Waals surface area contributed by atoms with E-state index in [4.69, 9.17) is 11.6 Å². The molecule has 0 radical (unpaired) electrons. The maximum Gasteiger partial charge on any atom is 0.252 e. The van der Waals surface area contributed by atoms with E-state index in [1.165, 1.54) is 94.3 Å². The summed E-state index contributed by atoms with van der Waals surface area (Å²) in [4.78, 5) is 5.36. The zero-order chi connectivity index (χ0) is 66.3. The van der Waals surface area contributed by atoms with E-state index in [1.807, 2.05) is 0 Å². The summed E-state index contributed by atoms with van der Waals surface area (Å²) in [5.41, 5.74) is 33.9. The van der Waals surface area contributed by atoms with Crippen molar-refractivity contribution in [2.75, 3.05) is 9.80 Å². The Hall–Kier alpha value is -9.41. The third kappa shape index (κ3) is 10.6. The molecule has 2 aliphatic heterocycles. The lowest BCUT2D eigenvalue weighted by molar-refractivity contribution is 0.589. The first-order chi connectivity index (χ1) is 45.3. The highest BCUT2D eigenvalue weighted by molar-refractivity contribution is 7.00. The maximum atomic E-state index is 7.62. The molecule has 12 aromatic carbocycles. The van der Waals surface area contributed by atoms with Crippen molar-refractivity contribution in [2.45, 2.75) is 124 Å². The molecule has 2 nitrogen and oxygen atoms in total. The molecule has 0 amide bonds. The molecular formula is C91H84BClN2. The quantitative estimate of drug-likeness (QED) is 0.140. The first kappa shape index (κ1) is 61.8. The van der Waals surface area contributed by atoms with Crippen molar-refractivity contribution in [3.8, 4) is 77.9 Å². The van der Waals surface area contributed by atoms with Crippen LogP contribution < -0.4 is 26.2 Å².